The van der Waals surface area contributed by atoms with Gasteiger partial charge in [0.2, 0.25) is 0 Å². The van der Waals surface area contributed by atoms with Crippen molar-refractivity contribution in [3.63, 3.8) is 0 Å². The highest BCUT2D eigenvalue weighted by Gasteiger charge is 2.19. The van der Waals surface area contributed by atoms with Crippen molar-refractivity contribution in [2.24, 2.45) is 0 Å². The van der Waals surface area contributed by atoms with E-state index in [4.69, 9.17) is 9.84 Å². The van der Waals surface area contributed by atoms with E-state index in [2.05, 4.69) is 0 Å². The van der Waals surface area contributed by atoms with Gasteiger partial charge in [-0.05, 0) is 49.6 Å². The summed E-state index contributed by atoms with van der Waals surface area (Å²) in [7, 11) is 3.42. The molecular weight excluding hydrogens is 362 g/mol. The Balaban J connectivity index is 1.95. The Labute approximate surface area is 164 Å². The molecule has 1 atom stereocenters. The third kappa shape index (κ3) is 6.03. The molecule has 2 rings (SSSR count). The number of hydrogen-bond donors (Lipinski definition) is 1. The molecule has 0 aliphatic rings. The molecule has 0 heterocycles. The van der Waals surface area contributed by atoms with E-state index in [0.717, 1.165) is 18.6 Å². The van der Waals surface area contributed by atoms with Crippen molar-refractivity contribution >= 4 is 23.6 Å². The maximum Gasteiger partial charge on any atom is 0.316 e. The summed E-state index contributed by atoms with van der Waals surface area (Å²) in [5.74, 6) is -0.156. The quantitative estimate of drug-likeness (QED) is 0.660. The van der Waals surface area contributed by atoms with Crippen LogP contribution in [0.5, 0.6) is 5.75 Å². The number of aryl methyl sites for hydroxylation is 1. The van der Waals surface area contributed by atoms with Gasteiger partial charge in [-0.3, -0.25) is 9.59 Å². The van der Waals surface area contributed by atoms with Gasteiger partial charge in [0.15, 0.2) is 0 Å². The predicted molar refractivity (Wildman–Crippen MR) is 108 cm³/mol. The third-order valence-electron chi connectivity index (χ3n) is 4.23. The first kappa shape index (κ1) is 20.8. The minimum absolute atomic E-state index is 0.0922. The van der Waals surface area contributed by atoms with E-state index in [0.29, 0.717) is 17.0 Å². The smallest absolute Gasteiger partial charge is 0.316 e. The van der Waals surface area contributed by atoms with Crippen LogP contribution >= 0.6 is 11.8 Å². The molecule has 0 radical (unpaired) electrons. The number of carboxylic acid groups (broad SMARTS) is 1. The third-order valence-corrected chi connectivity index (χ3v) is 5.40. The van der Waals surface area contributed by atoms with Crippen LogP contribution in [0.1, 0.15) is 29.3 Å². The molecule has 5 nitrogen and oxygen atoms in total. The van der Waals surface area contributed by atoms with Gasteiger partial charge in [0.1, 0.15) is 11.0 Å². The van der Waals surface area contributed by atoms with Crippen LogP contribution in [-0.2, 0) is 11.2 Å². The number of benzene rings is 2. The van der Waals surface area contributed by atoms with Gasteiger partial charge in [-0.15, -0.1) is 11.8 Å². The fraction of sp³-hybridized carbons (Fsp3) is 0.333. The monoisotopic (exact) mass is 387 g/mol. The van der Waals surface area contributed by atoms with Gasteiger partial charge in [-0.1, -0.05) is 24.3 Å². The van der Waals surface area contributed by atoms with Crippen molar-refractivity contribution < 1.29 is 19.4 Å². The summed E-state index contributed by atoms with van der Waals surface area (Å²) >= 11 is 1.19. The van der Waals surface area contributed by atoms with E-state index in [-0.39, 0.29) is 5.91 Å². The average Bonchev–Trinajstić information content (AvgIpc) is 2.68. The lowest BCUT2D eigenvalue weighted by Gasteiger charge is -2.19. The van der Waals surface area contributed by atoms with Gasteiger partial charge in [0.25, 0.3) is 5.91 Å². The fourth-order valence-corrected chi connectivity index (χ4v) is 3.53. The Morgan fingerprint density at radius 2 is 1.81 bits per heavy atom. The molecule has 144 valence electrons. The Morgan fingerprint density at radius 1 is 1.15 bits per heavy atom. The van der Waals surface area contributed by atoms with E-state index in [1.807, 2.05) is 30.3 Å². The normalized spacial score (nSPS) is 11.7. The molecule has 0 aliphatic heterocycles. The largest absolute Gasteiger partial charge is 0.497 e. The van der Waals surface area contributed by atoms with Crippen molar-refractivity contribution in [1.82, 2.24) is 4.90 Å². The van der Waals surface area contributed by atoms with Crippen LogP contribution in [0.2, 0.25) is 0 Å². The highest BCUT2D eigenvalue weighted by molar-refractivity contribution is 8.00. The Kier molecular flexibility index (Phi) is 7.73. The summed E-state index contributed by atoms with van der Waals surface area (Å²) in [6.45, 7) is 2.24. The number of carbonyl (C=O) groups excluding carboxylic acids is 1. The second kappa shape index (κ2) is 10.0. The molecule has 0 fully saturated rings. The first-order valence-corrected chi connectivity index (χ1v) is 9.67. The van der Waals surface area contributed by atoms with Crippen molar-refractivity contribution in [2.75, 3.05) is 20.7 Å². The summed E-state index contributed by atoms with van der Waals surface area (Å²) in [4.78, 5) is 26.3. The van der Waals surface area contributed by atoms with Gasteiger partial charge in [-0.2, -0.15) is 0 Å². The number of thioether (sulfide) groups is 1. The number of carboxylic acids is 1. The number of aliphatic carboxylic acids is 1. The zero-order chi connectivity index (χ0) is 19.8. The van der Waals surface area contributed by atoms with Crippen LogP contribution in [0.4, 0.5) is 0 Å². The number of ether oxygens (including phenoxy) is 1. The Bertz CT molecular complexity index is 776. The lowest BCUT2D eigenvalue weighted by atomic mass is 10.1. The number of methoxy groups -OCH3 is 1. The molecule has 0 aliphatic carbocycles. The second-order valence-corrected chi connectivity index (χ2v) is 7.66. The van der Waals surface area contributed by atoms with Crippen LogP contribution in [0.3, 0.4) is 0 Å². The molecule has 0 bridgehead atoms. The molecule has 0 spiro atoms. The molecule has 0 saturated heterocycles. The lowest BCUT2D eigenvalue weighted by Crippen LogP contribution is -2.28. The summed E-state index contributed by atoms with van der Waals surface area (Å²) in [5, 5.41) is 8.50. The molecule has 6 heteroatoms. The summed E-state index contributed by atoms with van der Waals surface area (Å²) in [6, 6.07) is 15.1. The summed E-state index contributed by atoms with van der Waals surface area (Å²) in [6.07, 6.45) is 1.71. The number of carbonyl (C=O) groups is 2. The second-order valence-electron chi connectivity index (χ2n) is 6.27. The minimum atomic E-state index is -0.893. The van der Waals surface area contributed by atoms with Crippen molar-refractivity contribution in [3.8, 4) is 5.75 Å². The predicted octanol–water partition coefficient (Wildman–Crippen LogP) is 3.97. The number of hydrogen-bond acceptors (Lipinski definition) is 4. The summed E-state index contributed by atoms with van der Waals surface area (Å²) in [5.41, 5.74) is 1.74. The number of nitrogens with zero attached hydrogens (tertiary/aromatic N) is 1. The lowest BCUT2D eigenvalue weighted by molar-refractivity contribution is -0.136. The van der Waals surface area contributed by atoms with E-state index in [9.17, 15) is 9.59 Å². The van der Waals surface area contributed by atoms with Gasteiger partial charge in [0, 0.05) is 18.5 Å². The van der Waals surface area contributed by atoms with E-state index < -0.39 is 11.2 Å². The van der Waals surface area contributed by atoms with Crippen LogP contribution in [0, 0.1) is 0 Å². The van der Waals surface area contributed by atoms with Crippen LogP contribution in [-0.4, -0.2) is 47.8 Å². The maximum absolute atomic E-state index is 12.8. The highest BCUT2D eigenvalue weighted by Crippen LogP contribution is 2.27. The SMILES string of the molecule is COc1ccc(CCCN(C)C(=O)c2ccccc2SC(C)C(=O)O)cc1. The molecular formula is C21H25NO4S. The highest BCUT2D eigenvalue weighted by atomic mass is 32.2. The zero-order valence-electron chi connectivity index (χ0n) is 15.8. The van der Waals surface area contributed by atoms with Crippen LogP contribution < -0.4 is 4.74 Å². The van der Waals surface area contributed by atoms with E-state index in [1.54, 1.807) is 44.2 Å². The zero-order valence-corrected chi connectivity index (χ0v) is 16.7. The molecule has 1 N–H and O–H groups in total. The van der Waals surface area contributed by atoms with E-state index >= 15 is 0 Å². The van der Waals surface area contributed by atoms with Crippen molar-refractivity contribution in [2.45, 2.75) is 29.9 Å². The maximum atomic E-state index is 12.8. The van der Waals surface area contributed by atoms with Crippen molar-refractivity contribution in [3.05, 3.63) is 59.7 Å². The molecule has 0 saturated carbocycles. The van der Waals surface area contributed by atoms with Crippen molar-refractivity contribution in [1.29, 1.82) is 0 Å². The topological polar surface area (TPSA) is 66.8 Å². The first-order valence-electron chi connectivity index (χ1n) is 8.79. The Hall–Kier alpha value is -2.47. The van der Waals surface area contributed by atoms with E-state index in [1.165, 1.54) is 17.3 Å². The molecule has 2 aromatic rings. The van der Waals surface area contributed by atoms with Crippen LogP contribution in [0.15, 0.2) is 53.4 Å². The Morgan fingerprint density at radius 3 is 2.44 bits per heavy atom. The average molecular weight is 388 g/mol. The molecule has 0 aromatic heterocycles. The molecule has 2 aromatic carbocycles. The number of rotatable bonds is 9. The van der Waals surface area contributed by atoms with Gasteiger partial charge in [0.05, 0.1) is 12.7 Å². The first-order chi connectivity index (χ1) is 12.9. The van der Waals surface area contributed by atoms with Gasteiger partial charge in [-0.25, -0.2) is 0 Å². The standard InChI is InChI=1S/C21H25NO4S/c1-15(21(24)25)27-19-9-5-4-8-18(19)20(23)22(2)14-6-7-16-10-12-17(26-3)13-11-16/h4-5,8-13,15H,6-7,14H2,1-3H3,(H,24,25). The summed E-state index contributed by atoms with van der Waals surface area (Å²) < 4.78 is 5.15. The van der Waals surface area contributed by atoms with Gasteiger partial charge >= 0.3 is 5.97 Å². The molecule has 1 amide bonds. The fourth-order valence-electron chi connectivity index (χ4n) is 2.61. The molecule has 1 unspecified atom stereocenters. The van der Waals surface area contributed by atoms with Gasteiger partial charge < -0.3 is 14.7 Å². The molecule has 27 heavy (non-hydrogen) atoms. The van der Waals surface area contributed by atoms with Crippen LogP contribution in [0.25, 0.3) is 0 Å². The minimum Gasteiger partial charge on any atom is -0.497 e. The number of amides is 1.